The normalized spacial score (nSPS) is 18.3. The van der Waals surface area contributed by atoms with Crippen molar-refractivity contribution in [3.63, 3.8) is 0 Å². The van der Waals surface area contributed by atoms with E-state index in [1.165, 1.54) is 12.1 Å². The largest absolute Gasteiger partial charge is 0.507 e. The van der Waals surface area contributed by atoms with E-state index in [9.17, 15) is 15.0 Å². The van der Waals surface area contributed by atoms with Crippen LogP contribution in [0.2, 0.25) is 0 Å². The molecule has 3 aromatic rings. The van der Waals surface area contributed by atoms with E-state index < -0.39 is 0 Å². The predicted molar refractivity (Wildman–Crippen MR) is 100 cm³/mol. The van der Waals surface area contributed by atoms with Gasteiger partial charge < -0.3 is 14.6 Å². The number of phenolic OH excluding ortho intramolecular Hbond substituents is 2. The maximum absolute atomic E-state index is 12.7. The molecule has 26 heavy (non-hydrogen) atoms. The van der Waals surface area contributed by atoms with Gasteiger partial charge in [-0.05, 0) is 26.4 Å². The molecule has 0 spiro atoms. The van der Waals surface area contributed by atoms with Gasteiger partial charge in [0, 0.05) is 23.7 Å². The Kier molecular flexibility index (Phi) is 4.17. The van der Waals surface area contributed by atoms with Gasteiger partial charge in [0.2, 0.25) is 0 Å². The third kappa shape index (κ3) is 2.74. The van der Waals surface area contributed by atoms with Crippen molar-refractivity contribution in [3.05, 3.63) is 58.3 Å². The zero-order chi connectivity index (χ0) is 18.3. The van der Waals surface area contributed by atoms with Crippen LogP contribution in [-0.2, 0) is 0 Å². The summed E-state index contributed by atoms with van der Waals surface area (Å²) in [6.45, 7) is 0.892. The molecular weight excluding hydrogens is 330 g/mol. The van der Waals surface area contributed by atoms with Crippen LogP contribution in [-0.4, -0.2) is 28.7 Å². The smallest absolute Gasteiger partial charge is 0.197 e. The quantitative estimate of drug-likeness (QED) is 0.729. The summed E-state index contributed by atoms with van der Waals surface area (Å²) >= 11 is 0. The second-order valence-corrected chi connectivity index (χ2v) is 6.86. The first-order chi connectivity index (χ1) is 12.6. The van der Waals surface area contributed by atoms with Crippen molar-refractivity contribution in [2.75, 3.05) is 13.6 Å². The second kappa shape index (κ2) is 6.50. The Bertz CT molecular complexity index is 1010. The molecule has 1 aliphatic rings. The molecule has 0 aliphatic carbocycles. The van der Waals surface area contributed by atoms with E-state index in [0.29, 0.717) is 11.3 Å². The minimum absolute atomic E-state index is 0.0397. The van der Waals surface area contributed by atoms with E-state index in [2.05, 4.69) is 4.90 Å². The summed E-state index contributed by atoms with van der Waals surface area (Å²) in [4.78, 5) is 14.8. The number of hydrogen-bond acceptors (Lipinski definition) is 5. The van der Waals surface area contributed by atoms with E-state index >= 15 is 0 Å². The minimum atomic E-state index is -0.317. The van der Waals surface area contributed by atoms with Crippen LogP contribution in [0.5, 0.6) is 11.5 Å². The Balaban J connectivity index is 1.91. The van der Waals surface area contributed by atoms with E-state index in [4.69, 9.17) is 4.42 Å². The Hall–Kier alpha value is -2.79. The fourth-order valence-electron chi connectivity index (χ4n) is 3.82. The van der Waals surface area contributed by atoms with Gasteiger partial charge in [0.05, 0.1) is 5.56 Å². The molecule has 1 atom stereocenters. The van der Waals surface area contributed by atoms with Gasteiger partial charge in [-0.2, -0.15) is 0 Å². The summed E-state index contributed by atoms with van der Waals surface area (Å²) in [5.41, 5.74) is 1.05. The average molecular weight is 351 g/mol. The SMILES string of the molecule is CN1CCCC[C@@H]1c1c(O)cc2oc(-c3ccccc3)cc(=O)c2c1O. The van der Waals surface area contributed by atoms with Crippen LogP contribution in [0.4, 0.5) is 0 Å². The van der Waals surface area contributed by atoms with Gasteiger partial charge in [-0.25, -0.2) is 0 Å². The van der Waals surface area contributed by atoms with Crippen LogP contribution < -0.4 is 5.43 Å². The summed E-state index contributed by atoms with van der Waals surface area (Å²) in [6.07, 6.45) is 2.94. The molecule has 1 saturated heterocycles. The molecule has 1 aromatic heterocycles. The van der Waals surface area contributed by atoms with Gasteiger partial charge in [0.1, 0.15) is 28.2 Å². The highest BCUT2D eigenvalue weighted by atomic mass is 16.3. The number of hydrogen-bond donors (Lipinski definition) is 2. The number of nitrogens with zero attached hydrogens (tertiary/aromatic N) is 1. The lowest BCUT2D eigenvalue weighted by atomic mass is 9.93. The second-order valence-electron chi connectivity index (χ2n) is 6.86. The zero-order valence-corrected chi connectivity index (χ0v) is 14.6. The minimum Gasteiger partial charge on any atom is -0.507 e. The maximum atomic E-state index is 12.7. The summed E-state index contributed by atoms with van der Waals surface area (Å²) < 4.78 is 5.83. The van der Waals surface area contributed by atoms with Gasteiger partial charge in [-0.1, -0.05) is 36.8 Å². The molecule has 0 unspecified atom stereocenters. The highest BCUT2D eigenvalue weighted by Gasteiger charge is 2.28. The van der Waals surface area contributed by atoms with Crippen molar-refractivity contribution in [1.82, 2.24) is 4.90 Å². The van der Waals surface area contributed by atoms with Gasteiger partial charge >= 0.3 is 0 Å². The van der Waals surface area contributed by atoms with Crippen molar-refractivity contribution in [1.29, 1.82) is 0 Å². The molecule has 2 aromatic carbocycles. The first-order valence-corrected chi connectivity index (χ1v) is 8.84. The molecule has 5 nitrogen and oxygen atoms in total. The molecule has 1 fully saturated rings. The number of benzene rings is 2. The topological polar surface area (TPSA) is 73.9 Å². The van der Waals surface area contributed by atoms with Gasteiger partial charge in [-0.3, -0.25) is 9.69 Å². The monoisotopic (exact) mass is 351 g/mol. The molecular formula is C21H21NO4. The fourth-order valence-corrected chi connectivity index (χ4v) is 3.82. The molecule has 2 heterocycles. The van der Waals surface area contributed by atoms with E-state index in [1.54, 1.807) is 0 Å². The van der Waals surface area contributed by atoms with Gasteiger partial charge in [-0.15, -0.1) is 0 Å². The number of fused-ring (bicyclic) bond motifs is 1. The van der Waals surface area contributed by atoms with E-state index in [-0.39, 0.29) is 33.9 Å². The predicted octanol–water partition coefficient (Wildman–Crippen LogP) is 4.03. The highest BCUT2D eigenvalue weighted by molar-refractivity contribution is 5.88. The van der Waals surface area contributed by atoms with E-state index in [0.717, 1.165) is 31.4 Å². The number of rotatable bonds is 2. The Morgan fingerprint density at radius 2 is 1.88 bits per heavy atom. The molecule has 2 N–H and O–H groups in total. The first-order valence-electron chi connectivity index (χ1n) is 8.84. The number of phenols is 2. The molecule has 0 saturated carbocycles. The lowest BCUT2D eigenvalue weighted by molar-refractivity contribution is 0.181. The Labute approximate surface area is 151 Å². The lowest BCUT2D eigenvalue weighted by Crippen LogP contribution is -2.29. The van der Waals surface area contributed by atoms with Crippen LogP contribution in [0.3, 0.4) is 0 Å². The van der Waals surface area contributed by atoms with Crippen molar-refractivity contribution in [2.45, 2.75) is 25.3 Å². The van der Waals surface area contributed by atoms with Crippen molar-refractivity contribution in [3.8, 4) is 22.8 Å². The van der Waals surface area contributed by atoms with Crippen LogP contribution in [0.1, 0.15) is 30.9 Å². The molecule has 134 valence electrons. The van der Waals surface area contributed by atoms with Crippen molar-refractivity contribution in [2.24, 2.45) is 0 Å². The summed E-state index contributed by atoms with van der Waals surface area (Å²) in [5.74, 6) is 0.193. The molecule has 0 bridgehead atoms. The summed E-state index contributed by atoms with van der Waals surface area (Å²) in [5, 5.41) is 21.5. The van der Waals surface area contributed by atoms with Crippen LogP contribution >= 0.6 is 0 Å². The maximum Gasteiger partial charge on any atom is 0.197 e. The number of aromatic hydroxyl groups is 2. The molecule has 0 radical (unpaired) electrons. The highest BCUT2D eigenvalue weighted by Crippen LogP contribution is 2.43. The third-order valence-corrected chi connectivity index (χ3v) is 5.17. The standard InChI is InChI=1S/C21H21NO4/c1-22-10-6-5-9-14(22)19-15(23)12-18-20(21(19)25)16(24)11-17(26-18)13-7-3-2-4-8-13/h2-4,7-8,11-12,14,23,25H,5-6,9-10H2,1H3/t14-/m1/s1. The van der Waals surface area contributed by atoms with Gasteiger partial charge in [0.15, 0.2) is 5.43 Å². The lowest BCUT2D eigenvalue weighted by Gasteiger charge is -2.33. The summed E-state index contributed by atoms with van der Waals surface area (Å²) in [6, 6.07) is 12.0. The molecule has 5 heteroatoms. The number of piperidine rings is 1. The van der Waals surface area contributed by atoms with E-state index in [1.807, 2.05) is 37.4 Å². The Morgan fingerprint density at radius 1 is 1.12 bits per heavy atom. The first kappa shape index (κ1) is 16.7. The third-order valence-electron chi connectivity index (χ3n) is 5.17. The molecule has 0 amide bonds. The average Bonchev–Trinajstić information content (AvgIpc) is 2.63. The summed E-state index contributed by atoms with van der Waals surface area (Å²) in [7, 11) is 1.97. The molecule has 4 rings (SSSR count). The zero-order valence-electron chi connectivity index (χ0n) is 14.6. The van der Waals surface area contributed by atoms with Crippen molar-refractivity contribution < 1.29 is 14.6 Å². The van der Waals surface area contributed by atoms with Crippen LogP contribution in [0.25, 0.3) is 22.3 Å². The number of likely N-dealkylation sites (tertiary alicyclic amines) is 1. The molecule has 1 aliphatic heterocycles. The van der Waals surface area contributed by atoms with Crippen LogP contribution in [0.15, 0.2) is 51.7 Å². The Morgan fingerprint density at radius 3 is 2.62 bits per heavy atom. The van der Waals surface area contributed by atoms with Gasteiger partial charge in [0.25, 0.3) is 0 Å². The van der Waals surface area contributed by atoms with Crippen LogP contribution in [0, 0.1) is 0 Å². The van der Waals surface area contributed by atoms with Crippen molar-refractivity contribution >= 4 is 11.0 Å². The fraction of sp³-hybridized carbons (Fsp3) is 0.286.